The topological polar surface area (TPSA) is 101 Å². The van der Waals surface area contributed by atoms with Gasteiger partial charge in [-0.15, -0.1) is 12.3 Å². The lowest BCUT2D eigenvalue weighted by atomic mass is 10.1. The van der Waals surface area contributed by atoms with Crippen molar-refractivity contribution in [2.24, 2.45) is 5.73 Å². The van der Waals surface area contributed by atoms with Crippen molar-refractivity contribution in [3.05, 3.63) is 0 Å². The highest BCUT2D eigenvalue weighted by atomic mass is 16.2. The first-order valence-electron chi connectivity index (χ1n) is 4.87. The molecule has 1 aliphatic heterocycles. The van der Waals surface area contributed by atoms with Crippen LogP contribution in [0.4, 0.5) is 0 Å². The molecule has 2 atom stereocenters. The second-order valence-electron chi connectivity index (χ2n) is 3.53. The van der Waals surface area contributed by atoms with Gasteiger partial charge >= 0.3 is 0 Å². The summed E-state index contributed by atoms with van der Waals surface area (Å²) in [5.74, 6) is 0.967. The minimum Gasteiger partial charge on any atom is -0.368 e. The molecule has 0 radical (unpaired) electrons. The number of amides is 3. The molecule has 0 saturated carbocycles. The SMILES string of the molecule is C#CC[C@@H](NC(=O)[C@@H]1CCC(=O)N1)C(N)=O. The molecule has 0 aromatic carbocycles. The molecule has 0 unspecified atom stereocenters. The van der Waals surface area contributed by atoms with Crippen LogP contribution in [0.25, 0.3) is 0 Å². The Morgan fingerprint density at radius 3 is 2.81 bits per heavy atom. The van der Waals surface area contributed by atoms with Gasteiger partial charge in [0.2, 0.25) is 17.7 Å². The lowest BCUT2D eigenvalue weighted by molar-refractivity contribution is -0.129. The molecule has 0 bridgehead atoms. The van der Waals surface area contributed by atoms with Gasteiger partial charge in [0.25, 0.3) is 0 Å². The fourth-order valence-corrected chi connectivity index (χ4v) is 1.42. The molecule has 16 heavy (non-hydrogen) atoms. The second-order valence-corrected chi connectivity index (χ2v) is 3.53. The molecular weight excluding hydrogens is 210 g/mol. The number of terminal acetylenes is 1. The van der Waals surface area contributed by atoms with Gasteiger partial charge in [0.15, 0.2) is 0 Å². The molecule has 0 aliphatic carbocycles. The van der Waals surface area contributed by atoms with Crippen molar-refractivity contribution in [1.82, 2.24) is 10.6 Å². The fourth-order valence-electron chi connectivity index (χ4n) is 1.42. The predicted octanol–water partition coefficient (Wildman–Crippen LogP) is -1.74. The van der Waals surface area contributed by atoms with Crippen molar-refractivity contribution >= 4 is 17.7 Å². The lowest BCUT2D eigenvalue weighted by Crippen LogP contribution is -2.50. The van der Waals surface area contributed by atoms with E-state index in [1.807, 2.05) is 0 Å². The molecule has 0 aromatic heterocycles. The zero-order chi connectivity index (χ0) is 12.1. The first-order chi connectivity index (χ1) is 7.54. The molecule has 6 nitrogen and oxygen atoms in total. The number of primary amides is 1. The standard InChI is InChI=1S/C10H13N3O3/c1-2-3-6(9(11)15)13-10(16)7-4-5-8(14)12-7/h1,6-7H,3-5H2,(H2,11,15)(H,12,14)(H,13,16)/t6-,7+/m1/s1. The third-order valence-corrected chi connectivity index (χ3v) is 2.29. The van der Waals surface area contributed by atoms with Crippen molar-refractivity contribution < 1.29 is 14.4 Å². The van der Waals surface area contributed by atoms with E-state index in [2.05, 4.69) is 16.6 Å². The van der Waals surface area contributed by atoms with E-state index in [1.54, 1.807) is 0 Å². The Morgan fingerprint density at radius 2 is 2.38 bits per heavy atom. The van der Waals surface area contributed by atoms with Crippen LogP contribution >= 0.6 is 0 Å². The summed E-state index contributed by atoms with van der Waals surface area (Å²) in [7, 11) is 0. The minimum absolute atomic E-state index is 0.0434. The Bertz CT molecular complexity index is 359. The molecule has 0 spiro atoms. The third-order valence-electron chi connectivity index (χ3n) is 2.29. The van der Waals surface area contributed by atoms with Crippen LogP contribution in [0.5, 0.6) is 0 Å². The van der Waals surface area contributed by atoms with E-state index in [9.17, 15) is 14.4 Å². The quantitative estimate of drug-likeness (QED) is 0.493. The maximum atomic E-state index is 11.6. The summed E-state index contributed by atoms with van der Waals surface area (Å²) >= 11 is 0. The van der Waals surface area contributed by atoms with Crippen LogP contribution in [0, 0.1) is 12.3 Å². The molecule has 1 rings (SSSR count). The van der Waals surface area contributed by atoms with Gasteiger partial charge in [0, 0.05) is 12.8 Å². The lowest BCUT2D eigenvalue weighted by Gasteiger charge is -2.16. The summed E-state index contributed by atoms with van der Waals surface area (Å²) in [5, 5.41) is 4.89. The zero-order valence-corrected chi connectivity index (χ0v) is 8.66. The number of nitrogens with two attached hydrogens (primary N) is 1. The van der Waals surface area contributed by atoms with Crippen LogP contribution in [0.15, 0.2) is 0 Å². The molecular formula is C10H13N3O3. The fraction of sp³-hybridized carbons (Fsp3) is 0.500. The summed E-state index contributed by atoms with van der Waals surface area (Å²) in [4.78, 5) is 33.4. The van der Waals surface area contributed by atoms with E-state index in [0.717, 1.165) is 0 Å². The van der Waals surface area contributed by atoms with Crippen LogP contribution in [0.1, 0.15) is 19.3 Å². The van der Waals surface area contributed by atoms with E-state index in [1.165, 1.54) is 0 Å². The molecule has 6 heteroatoms. The van der Waals surface area contributed by atoms with Crippen LogP contribution in [0.3, 0.4) is 0 Å². The van der Waals surface area contributed by atoms with Gasteiger partial charge in [-0.3, -0.25) is 14.4 Å². The third kappa shape index (κ3) is 2.98. The number of carbonyl (C=O) groups excluding carboxylic acids is 3. The predicted molar refractivity (Wildman–Crippen MR) is 55.7 cm³/mol. The monoisotopic (exact) mass is 223 g/mol. The normalized spacial score (nSPS) is 20.7. The molecule has 0 aromatic rings. The van der Waals surface area contributed by atoms with Gasteiger partial charge < -0.3 is 16.4 Å². The van der Waals surface area contributed by atoms with Crippen LogP contribution < -0.4 is 16.4 Å². The van der Waals surface area contributed by atoms with Crippen LogP contribution in [-0.2, 0) is 14.4 Å². The minimum atomic E-state index is -0.880. The number of hydrogen-bond acceptors (Lipinski definition) is 3. The number of rotatable bonds is 4. The average Bonchev–Trinajstić information content (AvgIpc) is 2.64. The van der Waals surface area contributed by atoms with Crippen molar-refractivity contribution in [2.45, 2.75) is 31.3 Å². The van der Waals surface area contributed by atoms with E-state index in [0.29, 0.717) is 12.8 Å². The highest BCUT2D eigenvalue weighted by Crippen LogP contribution is 2.06. The molecule has 1 saturated heterocycles. The van der Waals surface area contributed by atoms with Crippen molar-refractivity contribution in [2.75, 3.05) is 0 Å². The molecule has 1 heterocycles. The smallest absolute Gasteiger partial charge is 0.243 e. The number of hydrogen-bond donors (Lipinski definition) is 3. The van der Waals surface area contributed by atoms with Gasteiger partial charge in [0.1, 0.15) is 12.1 Å². The Kier molecular flexibility index (Phi) is 3.89. The van der Waals surface area contributed by atoms with Crippen molar-refractivity contribution in [3.63, 3.8) is 0 Å². The Balaban J connectivity index is 2.52. The largest absolute Gasteiger partial charge is 0.368 e. The summed E-state index contributed by atoms with van der Waals surface area (Å²) in [6.45, 7) is 0. The molecule has 4 N–H and O–H groups in total. The van der Waals surface area contributed by atoms with Gasteiger partial charge in [0.05, 0.1) is 0 Å². The first-order valence-corrected chi connectivity index (χ1v) is 4.87. The maximum absolute atomic E-state index is 11.6. The molecule has 3 amide bonds. The van der Waals surface area contributed by atoms with Crippen LogP contribution in [-0.4, -0.2) is 29.8 Å². The van der Waals surface area contributed by atoms with Gasteiger partial charge in [-0.2, -0.15) is 0 Å². The maximum Gasteiger partial charge on any atom is 0.243 e. The molecule has 86 valence electrons. The molecule has 1 fully saturated rings. The van der Waals surface area contributed by atoms with Crippen molar-refractivity contribution in [3.8, 4) is 12.3 Å². The summed E-state index contributed by atoms with van der Waals surface area (Å²) in [6.07, 6.45) is 5.82. The van der Waals surface area contributed by atoms with Crippen LogP contribution in [0.2, 0.25) is 0 Å². The zero-order valence-electron chi connectivity index (χ0n) is 8.66. The van der Waals surface area contributed by atoms with E-state index in [4.69, 9.17) is 12.2 Å². The van der Waals surface area contributed by atoms with Gasteiger partial charge in [-0.05, 0) is 6.42 Å². The number of carbonyl (C=O) groups is 3. The average molecular weight is 223 g/mol. The molecule has 1 aliphatic rings. The Labute approximate surface area is 92.9 Å². The van der Waals surface area contributed by atoms with Gasteiger partial charge in [-0.1, -0.05) is 0 Å². The highest BCUT2D eigenvalue weighted by Gasteiger charge is 2.29. The summed E-state index contributed by atoms with van der Waals surface area (Å²) in [6, 6.07) is -1.47. The highest BCUT2D eigenvalue weighted by molar-refractivity contribution is 5.93. The Morgan fingerprint density at radius 1 is 1.69 bits per heavy atom. The summed E-state index contributed by atoms with van der Waals surface area (Å²) in [5.41, 5.74) is 5.06. The first kappa shape index (κ1) is 12.0. The van der Waals surface area contributed by atoms with Crippen molar-refractivity contribution in [1.29, 1.82) is 0 Å². The van der Waals surface area contributed by atoms with E-state index in [-0.39, 0.29) is 12.3 Å². The van der Waals surface area contributed by atoms with E-state index < -0.39 is 23.9 Å². The summed E-state index contributed by atoms with van der Waals surface area (Å²) < 4.78 is 0. The van der Waals surface area contributed by atoms with E-state index >= 15 is 0 Å². The Hall–Kier alpha value is -2.03. The van der Waals surface area contributed by atoms with Gasteiger partial charge in [-0.25, -0.2) is 0 Å². The number of nitrogens with one attached hydrogen (secondary N) is 2. The second kappa shape index (κ2) is 5.16.